The fourth-order valence-electron chi connectivity index (χ4n) is 2.02. The third kappa shape index (κ3) is 5.67. The van der Waals surface area contributed by atoms with E-state index in [2.05, 4.69) is 38.8 Å². The molecule has 3 N–H and O–H groups in total. The van der Waals surface area contributed by atoms with Crippen molar-refractivity contribution in [3.8, 4) is 5.75 Å². The lowest BCUT2D eigenvalue weighted by atomic mass is 10.2. The Hall–Kier alpha value is -2.20. The molecule has 2 aromatic carbocycles. The molecule has 0 saturated heterocycles. The minimum Gasteiger partial charge on any atom is -0.493 e. The van der Waals surface area contributed by atoms with Gasteiger partial charge in [-0.3, -0.25) is 25.8 Å². The van der Waals surface area contributed by atoms with Crippen LogP contribution >= 0.6 is 34.8 Å². The van der Waals surface area contributed by atoms with E-state index >= 15 is 0 Å². The predicted molar refractivity (Wildman–Crippen MR) is 112 cm³/mol. The van der Waals surface area contributed by atoms with Crippen LogP contribution in [0.15, 0.2) is 48.5 Å². The molecule has 136 valence electrons. The van der Waals surface area contributed by atoms with Gasteiger partial charge in [-0.1, -0.05) is 31.2 Å². The largest absolute Gasteiger partial charge is 0.493 e. The van der Waals surface area contributed by atoms with Crippen molar-refractivity contribution in [2.45, 2.75) is 13.3 Å². The van der Waals surface area contributed by atoms with Gasteiger partial charge < -0.3 is 4.74 Å². The van der Waals surface area contributed by atoms with Crippen molar-refractivity contribution >= 4 is 51.7 Å². The van der Waals surface area contributed by atoms with Crippen LogP contribution in [0.3, 0.4) is 0 Å². The summed E-state index contributed by atoms with van der Waals surface area (Å²) in [6, 6.07) is 14.0. The average molecular weight is 483 g/mol. The maximum absolute atomic E-state index is 12.3. The van der Waals surface area contributed by atoms with Gasteiger partial charge in [-0.05, 0) is 65.5 Å². The summed E-state index contributed by atoms with van der Waals surface area (Å²) in [5.41, 5.74) is 5.86. The summed E-state index contributed by atoms with van der Waals surface area (Å²) >= 11 is 7.12. The van der Waals surface area contributed by atoms with Crippen LogP contribution in [-0.4, -0.2) is 23.5 Å². The SMILES string of the molecule is CCCOc1ccccc1C(=O)NNC(=S)NC(=O)c1ccccc1I. The van der Waals surface area contributed by atoms with Crippen LogP contribution in [0.5, 0.6) is 5.75 Å². The van der Waals surface area contributed by atoms with Crippen molar-refractivity contribution in [3.63, 3.8) is 0 Å². The Balaban J connectivity index is 1.92. The average Bonchev–Trinajstić information content (AvgIpc) is 2.65. The highest BCUT2D eigenvalue weighted by atomic mass is 127. The topological polar surface area (TPSA) is 79.5 Å². The molecule has 0 fully saturated rings. The van der Waals surface area contributed by atoms with Crippen LogP contribution < -0.4 is 20.9 Å². The zero-order valence-corrected chi connectivity index (χ0v) is 17.0. The summed E-state index contributed by atoms with van der Waals surface area (Å²) in [5.74, 6) is -0.279. The lowest BCUT2D eigenvalue weighted by Crippen LogP contribution is -2.48. The van der Waals surface area contributed by atoms with E-state index in [1.165, 1.54) is 0 Å². The van der Waals surface area contributed by atoms with E-state index in [-0.39, 0.29) is 11.0 Å². The fourth-order valence-corrected chi connectivity index (χ4v) is 2.80. The van der Waals surface area contributed by atoms with Gasteiger partial charge in [0.15, 0.2) is 5.11 Å². The van der Waals surface area contributed by atoms with Crippen molar-refractivity contribution in [2.75, 3.05) is 6.61 Å². The van der Waals surface area contributed by atoms with Crippen LogP contribution in [0.2, 0.25) is 0 Å². The molecular formula is C18H18IN3O3S. The van der Waals surface area contributed by atoms with Gasteiger partial charge in [-0.25, -0.2) is 0 Å². The van der Waals surface area contributed by atoms with Crippen LogP contribution in [0.4, 0.5) is 0 Å². The molecule has 0 spiro atoms. The van der Waals surface area contributed by atoms with Gasteiger partial charge in [0.2, 0.25) is 0 Å². The zero-order valence-electron chi connectivity index (χ0n) is 14.0. The number of thiocarbonyl (C=S) groups is 1. The Morgan fingerprint density at radius 3 is 2.35 bits per heavy atom. The molecule has 0 bridgehead atoms. The van der Waals surface area contributed by atoms with Crippen LogP contribution in [0.25, 0.3) is 0 Å². The Morgan fingerprint density at radius 1 is 1.00 bits per heavy atom. The number of carbonyl (C=O) groups is 2. The van der Waals surface area contributed by atoms with E-state index in [0.717, 1.165) is 9.99 Å². The van der Waals surface area contributed by atoms with E-state index in [1.54, 1.807) is 36.4 Å². The van der Waals surface area contributed by atoms with E-state index in [0.29, 0.717) is 23.5 Å². The molecule has 0 aromatic heterocycles. The molecule has 2 amide bonds. The van der Waals surface area contributed by atoms with Crippen molar-refractivity contribution in [1.82, 2.24) is 16.2 Å². The minimum absolute atomic E-state index is 0.00467. The van der Waals surface area contributed by atoms with Gasteiger partial charge in [0.05, 0.1) is 17.7 Å². The van der Waals surface area contributed by atoms with E-state index in [9.17, 15) is 9.59 Å². The maximum Gasteiger partial charge on any atom is 0.273 e. The lowest BCUT2D eigenvalue weighted by Gasteiger charge is -2.13. The Labute approximate surface area is 170 Å². The van der Waals surface area contributed by atoms with Crippen LogP contribution in [0.1, 0.15) is 34.1 Å². The second kappa shape index (κ2) is 10.1. The summed E-state index contributed by atoms with van der Waals surface area (Å²) < 4.78 is 6.36. The second-order valence-electron chi connectivity index (χ2n) is 5.19. The second-order valence-corrected chi connectivity index (χ2v) is 6.76. The first kappa shape index (κ1) is 20.1. The Bertz CT molecular complexity index is 814. The number of halogens is 1. The summed E-state index contributed by atoms with van der Waals surface area (Å²) in [6.45, 7) is 2.50. The van der Waals surface area contributed by atoms with E-state index in [1.807, 2.05) is 19.1 Å². The monoisotopic (exact) mass is 483 g/mol. The molecule has 0 heterocycles. The lowest BCUT2D eigenvalue weighted by molar-refractivity contribution is 0.0931. The quantitative estimate of drug-likeness (QED) is 0.346. The van der Waals surface area contributed by atoms with Crippen LogP contribution in [0, 0.1) is 3.57 Å². The molecule has 0 aliphatic rings. The fraction of sp³-hybridized carbons (Fsp3) is 0.167. The summed E-state index contributed by atoms with van der Waals surface area (Å²) in [4.78, 5) is 24.5. The van der Waals surface area contributed by atoms with Crippen molar-refractivity contribution in [3.05, 3.63) is 63.2 Å². The first-order chi connectivity index (χ1) is 12.5. The third-order valence-corrected chi connectivity index (χ3v) is 4.37. The molecule has 8 heteroatoms. The summed E-state index contributed by atoms with van der Waals surface area (Å²) in [5, 5.41) is 2.52. The Morgan fingerprint density at radius 2 is 1.65 bits per heavy atom. The molecule has 0 saturated carbocycles. The van der Waals surface area contributed by atoms with Gasteiger partial charge >= 0.3 is 0 Å². The highest BCUT2D eigenvalue weighted by Gasteiger charge is 2.14. The zero-order chi connectivity index (χ0) is 18.9. The molecule has 26 heavy (non-hydrogen) atoms. The van der Waals surface area contributed by atoms with Gasteiger partial charge in [-0.2, -0.15) is 0 Å². The van der Waals surface area contributed by atoms with E-state index in [4.69, 9.17) is 17.0 Å². The molecule has 0 aliphatic heterocycles. The molecule has 2 rings (SSSR count). The number of benzene rings is 2. The molecule has 6 nitrogen and oxygen atoms in total. The minimum atomic E-state index is -0.414. The van der Waals surface area contributed by atoms with Gasteiger partial charge in [0.1, 0.15) is 5.75 Å². The highest BCUT2D eigenvalue weighted by molar-refractivity contribution is 14.1. The molecule has 0 aliphatic carbocycles. The number of nitrogens with one attached hydrogen (secondary N) is 3. The van der Waals surface area contributed by atoms with Crippen molar-refractivity contribution in [1.29, 1.82) is 0 Å². The molecule has 2 aromatic rings. The van der Waals surface area contributed by atoms with Crippen molar-refractivity contribution in [2.24, 2.45) is 0 Å². The predicted octanol–water partition coefficient (Wildman–Crippen LogP) is 3.03. The standard InChI is InChI=1S/C18H18IN3O3S/c1-2-11-25-15-10-6-4-8-13(15)17(24)21-22-18(26)20-16(23)12-7-3-5-9-14(12)19/h3-10H,2,11H2,1H3,(H,21,24)(H2,20,22,23,26). The van der Waals surface area contributed by atoms with Gasteiger partial charge in [-0.15, -0.1) is 0 Å². The number of rotatable bonds is 5. The number of para-hydroxylation sites is 1. The summed E-state index contributed by atoms with van der Waals surface area (Å²) in [7, 11) is 0. The van der Waals surface area contributed by atoms with Crippen molar-refractivity contribution < 1.29 is 14.3 Å². The maximum atomic E-state index is 12.3. The van der Waals surface area contributed by atoms with Gasteiger partial charge in [0, 0.05) is 3.57 Å². The number of hydrogen-bond donors (Lipinski definition) is 3. The number of hydrogen-bond acceptors (Lipinski definition) is 4. The number of hydrazine groups is 1. The first-order valence-electron chi connectivity index (χ1n) is 7.91. The number of carbonyl (C=O) groups excluding carboxylic acids is 2. The normalized spacial score (nSPS) is 9.92. The highest BCUT2D eigenvalue weighted by Crippen LogP contribution is 2.17. The van der Waals surface area contributed by atoms with Gasteiger partial charge in [0.25, 0.3) is 11.8 Å². The van der Waals surface area contributed by atoms with Crippen LogP contribution in [-0.2, 0) is 0 Å². The number of amides is 2. The third-order valence-electron chi connectivity index (χ3n) is 3.23. The number of ether oxygens (including phenoxy) is 1. The molecule has 0 radical (unpaired) electrons. The summed E-state index contributed by atoms with van der Waals surface area (Å²) in [6.07, 6.45) is 0.836. The van der Waals surface area contributed by atoms with E-state index < -0.39 is 5.91 Å². The first-order valence-corrected chi connectivity index (χ1v) is 9.39. The Kier molecular flexibility index (Phi) is 7.79. The molecule has 0 atom stereocenters. The molecule has 0 unspecified atom stereocenters. The smallest absolute Gasteiger partial charge is 0.273 e. The molecular weight excluding hydrogens is 465 g/mol.